The Morgan fingerprint density at radius 3 is 2.80 bits per heavy atom. The monoisotopic (exact) mass is 197 g/mol. The van der Waals surface area contributed by atoms with E-state index in [1.165, 1.54) is 5.39 Å². The molecule has 2 heteroatoms. The highest BCUT2D eigenvalue weighted by molar-refractivity contribution is 5.95. The van der Waals surface area contributed by atoms with Gasteiger partial charge in [-0.15, -0.1) is 0 Å². The first kappa shape index (κ1) is 8.36. The maximum absolute atomic E-state index is 5.66. The summed E-state index contributed by atoms with van der Waals surface area (Å²) in [5.41, 5.74) is 1.08. The summed E-state index contributed by atoms with van der Waals surface area (Å²) in [6, 6.07) is 12.4. The standard InChI is InChI=1S/C13H11NO/c1-9-14(2)12-8-7-10-5-3-4-6-11(10)13(12)15-9/h3-8H,1H2,2H3. The molecule has 0 aromatic heterocycles. The number of rotatable bonds is 0. The van der Waals surface area contributed by atoms with Gasteiger partial charge in [0.1, 0.15) is 0 Å². The number of ether oxygens (including phenoxy) is 1. The van der Waals surface area contributed by atoms with Crippen molar-refractivity contribution in [3.05, 3.63) is 48.9 Å². The molecule has 1 aliphatic heterocycles. The maximum Gasteiger partial charge on any atom is 0.193 e. The highest BCUT2D eigenvalue weighted by atomic mass is 16.5. The van der Waals surface area contributed by atoms with E-state index >= 15 is 0 Å². The fourth-order valence-corrected chi connectivity index (χ4v) is 1.92. The molecule has 2 aromatic rings. The van der Waals surface area contributed by atoms with Crippen molar-refractivity contribution in [2.45, 2.75) is 0 Å². The number of anilines is 1. The van der Waals surface area contributed by atoms with Gasteiger partial charge in [0.05, 0.1) is 5.69 Å². The van der Waals surface area contributed by atoms with E-state index in [0.717, 1.165) is 16.8 Å². The van der Waals surface area contributed by atoms with Crippen LogP contribution < -0.4 is 9.64 Å². The fraction of sp³-hybridized carbons (Fsp3) is 0.0769. The quantitative estimate of drug-likeness (QED) is 0.643. The van der Waals surface area contributed by atoms with E-state index in [2.05, 4.69) is 30.8 Å². The summed E-state index contributed by atoms with van der Waals surface area (Å²) < 4.78 is 5.66. The third-order valence-corrected chi connectivity index (χ3v) is 2.81. The van der Waals surface area contributed by atoms with E-state index in [-0.39, 0.29) is 0 Å². The largest absolute Gasteiger partial charge is 0.439 e. The topological polar surface area (TPSA) is 12.5 Å². The molecule has 0 radical (unpaired) electrons. The Kier molecular flexibility index (Phi) is 1.54. The lowest BCUT2D eigenvalue weighted by Gasteiger charge is -2.08. The van der Waals surface area contributed by atoms with E-state index in [0.29, 0.717) is 5.88 Å². The van der Waals surface area contributed by atoms with Gasteiger partial charge in [-0.3, -0.25) is 0 Å². The van der Waals surface area contributed by atoms with Crippen LogP contribution in [-0.2, 0) is 0 Å². The summed E-state index contributed by atoms with van der Waals surface area (Å²) in [5, 5.41) is 2.33. The van der Waals surface area contributed by atoms with E-state index in [1.54, 1.807) is 0 Å². The van der Waals surface area contributed by atoms with Crippen LogP contribution in [0.1, 0.15) is 0 Å². The Morgan fingerprint density at radius 1 is 1.13 bits per heavy atom. The highest BCUT2D eigenvalue weighted by Crippen LogP contribution is 2.42. The van der Waals surface area contributed by atoms with Crippen LogP contribution in [0.2, 0.25) is 0 Å². The number of hydrogen-bond acceptors (Lipinski definition) is 2. The Balaban J connectivity index is 2.38. The molecule has 0 saturated carbocycles. The molecule has 3 rings (SSSR count). The molecule has 74 valence electrons. The molecule has 0 N–H and O–H groups in total. The van der Waals surface area contributed by atoms with Gasteiger partial charge in [-0.25, -0.2) is 0 Å². The lowest BCUT2D eigenvalue weighted by molar-refractivity contribution is 0.451. The molecule has 0 unspecified atom stereocenters. The predicted octanol–water partition coefficient (Wildman–Crippen LogP) is 3.14. The zero-order chi connectivity index (χ0) is 10.4. The van der Waals surface area contributed by atoms with Gasteiger partial charge in [-0.05, 0) is 18.0 Å². The predicted molar refractivity (Wildman–Crippen MR) is 62.1 cm³/mol. The molecule has 0 atom stereocenters. The van der Waals surface area contributed by atoms with Crippen LogP contribution in [0.5, 0.6) is 5.75 Å². The molecule has 0 amide bonds. The Hall–Kier alpha value is -1.96. The summed E-state index contributed by atoms with van der Waals surface area (Å²) in [6.07, 6.45) is 0. The molecule has 0 saturated heterocycles. The van der Waals surface area contributed by atoms with Crippen molar-refractivity contribution in [2.75, 3.05) is 11.9 Å². The molecule has 0 spiro atoms. The van der Waals surface area contributed by atoms with Gasteiger partial charge in [-0.1, -0.05) is 30.3 Å². The van der Waals surface area contributed by atoms with Crippen LogP contribution >= 0.6 is 0 Å². The summed E-state index contributed by atoms with van der Waals surface area (Å²) >= 11 is 0. The molecular weight excluding hydrogens is 186 g/mol. The van der Waals surface area contributed by atoms with Crippen molar-refractivity contribution in [3.8, 4) is 5.75 Å². The van der Waals surface area contributed by atoms with Gasteiger partial charge in [-0.2, -0.15) is 0 Å². The lowest BCUT2D eigenvalue weighted by atomic mass is 10.1. The van der Waals surface area contributed by atoms with Crippen molar-refractivity contribution in [3.63, 3.8) is 0 Å². The highest BCUT2D eigenvalue weighted by Gasteiger charge is 2.22. The van der Waals surface area contributed by atoms with Crippen LogP contribution in [-0.4, -0.2) is 7.05 Å². The smallest absolute Gasteiger partial charge is 0.193 e. The number of benzene rings is 2. The summed E-state index contributed by atoms with van der Waals surface area (Å²) in [7, 11) is 1.96. The molecule has 0 fully saturated rings. The SMILES string of the molecule is C=C1Oc2c(ccc3ccccc23)N1C. The van der Waals surface area contributed by atoms with Crippen LogP contribution in [0.4, 0.5) is 5.69 Å². The third-order valence-electron chi connectivity index (χ3n) is 2.81. The van der Waals surface area contributed by atoms with Crippen molar-refractivity contribution >= 4 is 16.5 Å². The van der Waals surface area contributed by atoms with Crippen LogP contribution in [0.3, 0.4) is 0 Å². The molecule has 15 heavy (non-hydrogen) atoms. The van der Waals surface area contributed by atoms with Crippen molar-refractivity contribution in [1.29, 1.82) is 0 Å². The van der Waals surface area contributed by atoms with E-state index in [1.807, 2.05) is 24.1 Å². The van der Waals surface area contributed by atoms with Gasteiger partial charge in [0.15, 0.2) is 11.6 Å². The first-order chi connectivity index (χ1) is 7.27. The van der Waals surface area contributed by atoms with E-state index in [9.17, 15) is 0 Å². The minimum absolute atomic E-state index is 0.682. The Morgan fingerprint density at radius 2 is 1.93 bits per heavy atom. The molecule has 0 aliphatic carbocycles. The maximum atomic E-state index is 5.66. The number of fused-ring (bicyclic) bond motifs is 3. The lowest BCUT2D eigenvalue weighted by Crippen LogP contribution is -2.11. The normalized spacial score (nSPS) is 14.2. The number of nitrogens with zero attached hydrogens (tertiary/aromatic N) is 1. The molecule has 0 bridgehead atoms. The Bertz CT molecular complexity index is 559. The summed E-state index contributed by atoms with van der Waals surface area (Å²) in [5.74, 6) is 1.60. The van der Waals surface area contributed by atoms with E-state index < -0.39 is 0 Å². The average Bonchev–Trinajstić information content (AvgIpc) is 2.56. The Labute approximate surface area is 88.4 Å². The van der Waals surface area contributed by atoms with Crippen LogP contribution in [0, 0.1) is 0 Å². The minimum Gasteiger partial charge on any atom is -0.439 e. The van der Waals surface area contributed by atoms with Crippen molar-refractivity contribution in [1.82, 2.24) is 0 Å². The van der Waals surface area contributed by atoms with Gasteiger partial charge in [0.25, 0.3) is 0 Å². The zero-order valence-electron chi connectivity index (χ0n) is 8.53. The first-order valence-corrected chi connectivity index (χ1v) is 4.89. The van der Waals surface area contributed by atoms with Crippen LogP contribution in [0.25, 0.3) is 10.8 Å². The second-order valence-electron chi connectivity index (χ2n) is 3.69. The zero-order valence-corrected chi connectivity index (χ0v) is 8.53. The van der Waals surface area contributed by atoms with E-state index in [4.69, 9.17) is 4.74 Å². The third kappa shape index (κ3) is 1.05. The molecule has 2 nitrogen and oxygen atoms in total. The molecule has 1 aliphatic rings. The molecular formula is C13H11NO. The molecule has 1 heterocycles. The first-order valence-electron chi connectivity index (χ1n) is 4.89. The van der Waals surface area contributed by atoms with Gasteiger partial charge in [0, 0.05) is 12.4 Å². The van der Waals surface area contributed by atoms with Gasteiger partial charge in [0.2, 0.25) is 0 Å². The second kappa shape index (κ2) is 2.76. The molecule has 2 aromatic carbocycles. The summed E-state index contributed by atoms with van der Waals surface area (Å²) in [4.78, 5) is 1.96. The average molecular weight is 197 g/mol. The summed E-state index contributed by atoms with van der Waals surface area (Å²) in [6.45, 7) is 3.86. The van der Waals surface area contributed by atoms with Crippen molar-refractivity contribution < 1.29 is 4.74 Å². The van der Waals surface area contributed by atoms with Crippen LogP contribution in [0.15, 0.2) is 48.9 Å². The number of hydrogen-bond donors (Lipinski definition) is 0. The minimum atomic E-state index is 0.682. The van der Waals surface area contributed by atoms with Gasteiger partial charge >= 0.3 is 0 Å². The van der Waals surface area contributed by atoms with Crippen molar-refractivity contribution in [2.24, 2.45) is 0 Å². The fourth-order valence-electron chi connectivity index (χ4n) is 1.92. The second-order valence-corrected chi connectivity index (χ2v) is 3.69. The van der Waals surface area contributed by atoms with Gasteiger partial charge < -0.3 is 9.64 Å².